The molecule has 0 aromatic rings. The Morgan fingerprint density at radius 3 is 1.12 bits per heavy atom. The highest BCUT2D eigenvalue weighted by Crippen LogP contribution is 2.43. The second kappa shape index (κ2) is 55.9. The van der Waals surface area contributed by atoms with Gasteiger partial charge in [0, 0.05) is 19.3 Å². The van der Waals surface area contributed by atoms with Crippen LogP contribution >= 0.6 is 7.82 Å². The van der Waals surface area contributed by atoms with Crippen molar-refractivity contribution in [2.24, 2.45) is 0 Å². The molecule has 0 aliphatic carbocycles. The molecule has 0 aliphatic heterocycles. The average molecular weight is 1060 g/mol. The van der Waals surface area contributed by atoms with Gasteiger partial charge < -0.3 is 24.2 Å². The van der Waals surface area contributed by atoms with Crippen LogP contribution in [-0.4, -0.2) is 66.5 Å². The number of carbonyl (C=O) groups is 3. The highest BCUT2D eigenvalue weighted by molar-refractivity contribution is 7.47. The maximum atomic E-state index is 12.9. The summed E-state index contributed by atoms with van der Waals surface area (Å²) in [5, 5.41) is 9.81. The van der Waals surface area contributed by atoms with Crippen LogP contribution in [0.3, 0.4) is 0 Å². The molecular formula is C62H107O11P. The topological polar surface area (TPSA) is 155 Å². The maximum absolute atomic E-state index is 12.9. The number of unbranched alkanes of at least 4 members (excludes halogenated alkanes) is 23. The van der Waals surface area contributed by atoms with Crippen LogP contribution in [0.2, 0.25) is 0 Å². The van der Waals surface area contributed by atoms with Crippen LogP contribution in [0, 0.1) is 0 Å². The molecule has 11 nitrogen and oxygen atoms in total. The second-order valence-electron chi connectivity index (χ2n) is 19.4. The van der Waals surface area contributed by atoms with Gasteiger partial charge in [-0.15, -0.1) is 0 Å². The number of phosphoric ester groups is 1. The van der Waals surface area contributed by atoms with Gasteiger partial charge in [0.05, 0.1) is 19.8 Å². The third-order valence-corrected chi connectivity index (χ3v) is 13.2. The molecule has 0 heterocycles. The lowest BCUT2D eigenvalue weighted by molar-refractivity contribution is -0.161. The fourth-order valence-electron chi connectivity index (χ4n) is 7.78. The number of esters is 3. The van der Waals surface area contributed by atoms with Crippen molar-refractivity contribution in [1.82, 2.24) is 0 Å². The van der Waals surface area contributed by atoms with Gasteiger partial charge in [0.15, 0.2) is 6.10 Å². The Morgan fingerprint density at radius 2 is 0.703 bits per heavy atom. The number of rotatable bonds is 54. The van der Waals surface area contributed by atoms with Crippen molar-refractivity contribution in [1.29, 1.82) is 0 Å². The molecule has 12 heteroatoms. The summed E-state index contributed by atoms with van der Waals surface area (Å²) >= 11 is 0. The van der Waals surface area contributed by atoms with E-state index in [1.54, 1.807) is 0 Å². The molecule has 0 aliphatic rings. The highest BCUT2D eigenvalue weighted by Gasteiger charge is 2.28. The zero-order valence-corrected chi connectivity index (χ0v) is 47.9. The molecule has 2 N–H and O–H groups in total. The van der Waals surface area contributed by atoms with Gasteiger partial charge in [0.2, 0.25) is 0 Å². The number of ether oxygens (including phenoxy) is 3. The number of phosphoric acid groups is 1. The number of hydrogen-bond donors (Lipinski definition) is 2. The molecule has 0 saturated carbocycles. The SMILES string of the molecule is CC/C=C\C/C=C\C/C=C\CCCCCCCC(=O)OCC(COP(=O)(O)OCC(CO)OC(=O)CCCCCCC/C=C\CCCCCC)OC(=O)CCCCCCCC/C=C\C/C=C\C/C=C\CCCCC. The predicted octanol–water partition coefficient (Wildman–Crippen LogP) is 17.5. The van der Waals surface area contributed by atoms with E-state index < -0.39 is 57.8 Å². The summed E-state index contributed by atoms with van der Waals surface area (Å²) < 4.78 is 39.5. The number of hydrogen-bond acceptors (Lipinski definition) is 10. The molecule has 3 atom stereocenters. The molecule has 0 aromatic heterocycles. The van der Waals surface area contributed by atoms with Crippen LogP contribution in [0.5, 0.6) is 0 Å². The van der Waals surface area contributed by atoms with Crippen LogP contribution in [-0.2, 0) is 42.2 Å². The molecule has 0 amide bonds. The van der Waals surface area contributed by atoms with E-state index in [1.165, 1.54) is 51.4 Å². The van der Waals surface area contributed by atoms with Gasteiger partial charge in [-0.1, -0.05) is 202 Å². The Labute approximate surface area is 451 Å². The van der Waals surface area contributed by atoms with Crippen molar-refractivity contribution in [3.05, 3.63) is 85.1 Å². The average Bonchev–Trinajstić information content (AvgIpc) is 3.39. The standard InChI is InChI=1S/C62H107O11P/c1-4-7-10-13-16-19-22-25-27-28-29-30-32-35-38-41-44-47-50-53-62(66)73-59(55-69-60(64)51-48-45-42-39-36-34-31-26-23-20-17-14-11-8-5-2)57-71-74(67,68)70-56-58(54-63)72-61(65)52-49-46-43-40-37-33-24-21-18-15-12-9-6-3/h8,11,16-17,19-21,24-27,29-31,58-59,63H,4-7,9-10,12-15,18,22-23,28,32-57H2,1-3H3,(H,67,68)/b11-8-,19-16-,20-17-,24-21-,27-25-,30-29-,31-26-. The van der Waals surface area contributed by atoms with Crippen molar-refractivity contribution in [2.75, 3.05) is 26.4 Å². The fourth-order valence-corrected chi connectivity index (χ4v) is 8.57. The minimum Gasteiger partial charge on any atom is -0.462 e. The number of aliphatic hydroxyl groups excluding tert-OH is 1. The summed E-state index contributed by atoms with van der Waals surface area (Å²) in [6.45, 7) is 4.45. The summed E-state index contributed by atoms with van der Waals surface area (Å²) in [6.07, 6.45) is 63.9. The van der Waals surface area contributed by atoms with Crippen molar-refractivity contribution in [3.63, 3.8) is 0 Å². The quantitative estimate of drug-likeness (QED) is 0.0197. The molecule has 0 saturated heterocycles. The van der Waals surface area contributed by atoms with Crippen LogP contribution in [0.25, 0.3) is 0 Å². The molecule has 0 bridgehead atoms. The molecule has 0 rings (SSSR count). The van der Waals surface area contributed by atoms with Gasteiger partial charge in [0.1, 0.15) is 12.7 Å². The molecular weight excluding hydrogens is 952 g/mol. The first-order valence-electron chi connectivity index (χ1n) is 29.5. The van der Waals surface area contributed by atoms with Crippen LogP contribution in [0.15, 0.2) is 85.1 Å². The number of aliphatic hydroxyl groups is 1. The first kappa shape index (κ1) is 70.7. The van der Waals surface area contributed by atoms with Crippen LogP contribution < -0.4 is 0 Å². The van der Waals surface area contributed by atoms with E-state index in [0.29, 0.717) is 19.3 Å². The van der Waals surface area contributed by atoms with E-state index in [1.807, 2.05) is 0 Å². The van der Waals surface area contributed by atoms with E-state index in [0.717, 1.165) is 141 Å². The Hall–Kier alpha value is -3.34. The predicted molar refractivity (Wildman–Crippen MR) is 307 cm³/mol. The van der Waals surface area contributed by atoms with E-state index >= 15 is 0 Å². The van der Waals surface area contributed by atoms with Crippen molar-refractivity contribution < 1.29 is 52.2 Å². The third-order valence-electron chi connectivity index (χ3n) is 12.3. The maximum Gasteiger partial charge on any atom is 0.472 e. The highest BCUT2D eigenvalue weighted by atomic mass is 31.2. The molecule has 0 radical (unpaired) electrons. The summed E-state index contributed by atoms with van der Waals surface area (Å²) in [7, 11) is -4.76. The van der Waals surface area contributed by atoms with E-state index in [-0.39, 0.29) is 25.9 Å². The lowest BCUT2D eigenvalue weighted by Gasteiger charge is -2.21. The Kier molecular flexibility index (Phi) is 53.4. The van der Waals surface area contributed by atoms with Gasteiger partial charge in [-0.05, 0) is 116 Å². The zero-order chi connectivity index (χ0) is 54.1. The van der Waals surface area contributed by atoms with Gasteiger partial charge in [-0.25, -0.2) is 4.57 Å². The molecule has 74 heavy (non-hydrogen) atoms. The van der Waals surface area contributed by atoms with Crippen molar-refractivity contribution in [3.8, 4) is 0 Å². The number of allylic oxidation sites excluding steroid dienone is 14. The van der Waals surface area contributed by atoms with E-state index in [2.05, 4.69) is 106 Å². The van der Waals surface area contributed by atoms with Gasteiger partial charge in [0.25, 0.3) is 0 Å². The van der Waals surface area contributed by atoms with Gasteiger partial charge in [-0.2, -0.15) is 0 Å². The van der Waals surface area contributed by atoms with Crippen LogP contribution in [0.4, 0.5) is 0 Å². The largest absolute Gasteiger partial charge is 0.472 e. The molecule has 3 unspecified atom stereocenters. The molecule has 0 aromatic carbocycles. The van der Waals surface area contributed by atoms with E-state index in [4.69, 9.17) is 23.3 Å². The minimum absolute atomic E-state index is 0.146. The van der Waals surface area contributed by atoms with Crippen molar-refractivity contribution >= 4 is 25.7 Å². The second-order valence-corrected chi connectivity index (χ2v) is 20.9. The Balaban J connectivity index is 4.78. The molecule has 0 spiro atoms. The molecule has 0 fully saturated rings. The Morgan fingerprint density at radius 1 is 0.392 bits per heavy atom. The lowest BCUT2D eigenvalue weighted by atomic mass is 10.1. The summed E-state index contributed by atoms with van der Waals surface area (Å²) in [5.74, 6) is -1.51. The van der Waals surface area contributed by atoms with Gasteiger partial charge in [-0.3, -0.25) is 23.4 Å². The first-order chi connectivity index (χ1) is 36.2. The monoisotopic (exact) mass is 1060 g/mol. The van der Waals surface area contributed by atoms with Crippen molar-refractivity contribution in [2.45, 2.75) is 264 Å². The zero-order valence-electron chi connectivity index (χ0n) is 47.0. The number of carbonyl (C=O) groups excluding carboxylic acids is 3. The summed E-state index contributed by atoms with van der Waals surface area (Å²) in [5.41, 5.74) is 0. The summed E-state index contributed by atoms with van der Waals surface area (Å²) in [6, 6.07) is 0. The van der Waals surface area contributed by atoms with E-state index in [9.17, 15) is 28.9 Å². The third kappa shape index (κ3) is 53.5. The smallest absolute Gasteiger partial charge is 0.462 e. The lowest BCUT2D eigenvalue weighted by Crippen LogP contribution is -2.30. The molecule has 426 valence electrons. The Bertz CT molecular complexity index is 1560. The fraction of sp³-hybridized carbons (Fsp3) is 0.726. The van der Waals surface area contributed by atoms with Crippen LogP contribution in [0.1, 0.15) is 252 Å². The first-order valence-corrected chi connectivity index (χ1v) is 31.0. The minimum atomic E-state index is -4.76. The van der Waals surface area contributed by atoms with Gasteiger partial charge >= 0.3 is 25.7 Å². The summed E-state index contributed by atoms with van der Waals surface area (Å²) in [4.78, 5) is 48.6. The normalized spacial score (nSPS) is 14.0.